The third-order valence-electron chi connectivity index (χ3n) is 4.51. The summed E-state index contributed by atoms with van der Waals surface area (Å²) in [6.07, 6.45) is 7.59. The molecule has 1 aliphatic heterocycles. The molecule has 1 fully saturated rings. The van der Waals surface area contributed by atoms with E-state index in [1.54, 1.807) is 23.9 Å². The van der Waals surface area contributed by atoms with Gasteiger partial charge in [-0.2, -0.15) is 0 Å². The van der Waals surface area contributed by atoms with E-state index in [2.05, 4.69) is 36.3 Å². The van der Waals surface area contributed by atoms with Gasteiger partial charge < -0.3 is 4.57 Å². The van der Waals surface area contributed by atoms with Gasteiger partial charge in [0.15, 0.2) is 5.82 Å². The molecule has 4 rings (SSSR count). The van der Waals surface area contributed by atoms with Crippen molar-refractivity contribution in [1.29, 1.82) is 0 Å². The molecule has 124 valence electrons. The molecule has 0 aliphatic carbocycles. The molecule has 1 saturated heterocycles. The summed E-state index contributed by atoms with van der Waals surface area (Å²) >= 11 is 1.67. The molecule has 0 spiro atoms. The first kappa shape index (κ1) is 15.4. The van der Waals surface area contributed by atoms with Gasteiger partial charge in [0, 0.05) is 43.6 Å². The molecule has 6 nitrogen and oxygen atoms in total. The number of aromatic nitrogens is 5. The highest BCUT2D eigenvalue weighted by Gasteiger charge is 2.23. The van der Waals surface area contributed by atoms with Crippen LogP contribution in [0.4, 0.5) is 0 Å². The van der Waals surface area contributed by atoms with Gasteiger partial charge in [0.2, 0.25) is 0 Å². The Balaban J connectivity index is 1.40. The molecule has 0 amide bonds. The predicted molar refractivity (Wildman–Crippen MR) is 93.4 cm³/mol. The van der Waals surface area contributed by atoms with Crippen LogP contribution in [0.5, 0.6) is 0 Å². The topological polar surface area (TPSA) is 59.7 Å². The standard InChI is InChI=1S/C17H20N6S/c1-22-5-3-18-17(22)16-7-14(19-11-20-16)6-13-2-4-23(8-13)9-15-10-24-12-21-15/h3,5,7,10-13H,2,4,6,8-9H2,1H3/t13-/m1/s1. The number of nitrogens with zero attached hydrogens (tertiary/aromatic N) is 6. The lowest BCUT2D eigenvalue weighted by atomic mass is 10.0. The molecule has 24 heavy (non-hydrogen) atoms. The minimum absolute atomic E-state index is 0.646. The molecule has 3 aromatic rings. The van der Waals surface area contributed by atoms with Gasteiger partial charge in [0.25, 0.3) is 0 Å². The van der Waals surface area contributed by atoms with Crippen LogP contribution >= 0.6 is 11.3 Å². The van der Waals surface area contributed by atoms with E-state index in [1.807, 2.05) is 23.3 Å². The maximum atomic E-state index is 4.47. The van der Waals surface area contributed by atoms with Crippen molar-refractivity contribution in [2.75, 3.05) is 13.1 Å². The number of aryl methyl sites for hydroxylation is 1. The van der Waals surface area contributed by atoms with Crippen molar-refractivity contribution in [2.24, 2.45) is 13.0 Å². The highest BCUT2D eigenvalue weighted by Crippen LogP contribution is 2.23. The minimum Gasteiger partial charge on any atom is -0.333 e. The lowest BCUT2D eigenvalue weighted by molar-refractivity contribution is 0.313. The Morgan fingerprint density at radius 2 is 2.17 bits per heavy atom. The Morgan fingerprint density at radius 1 is 1.21 bits per heavy atom. The van der Waals surface area contributed by atoms with Crippen LogP contribution in [0.25, 0.3) is 11.5 Å². The lowest BCUT2D eigenvalue weighted by Gasteiger charge is -2.14. The number of rotatable bonds is 5. The van der Waals surface area contributed by atoms with Crippen molar-refractivity contribution in [2.45, 2.75) is 19.4 Å². The summed E-state index contributed by atoms with van der Waals surface area (Å²) in [6.45, 7) is 3.21. The van der Waals surface area contributed by atoms with Crippen molar-refractivity contribution in [1.82, 2.24) is 29.4 Å². The second-order valence-corrected chi connectivity index (χ2v) is 7.05. The fourth-order valence-corrected chi connectivity index (χ4v) is 3.86. The van der Waals surface area contributed by atoms with E-state index in [1.165, 1.54) is 12.1 Å². The van der Waals surface area contributed by atoms with E-state index in [4.69, 9.17) is 0 Å². The smallest absolute Gasteiger partial charge is 0.158 e. The zero-order valence-electron chi connectivity index (χ0n) is 13.7. The van der Waals surface area contributed by atoms with Crippen LogP contribution in [0.1, 0.15) is 17.8 Å². The SMILES string of the molecule is Cn1ccnc1-c1cc(C[C@H]2CCN(Cc3cscn3)C2)ncn1. The molecule has 0 unspecified atom stereocenters. The molecule has 4 heterocycles. The van der Waals surface area contributed by atoms with Crippen LogP contribution < -0.4 is 0 Å². The van der Waals surface area contributed by atoms with E-state index in [9.17, 15) is 0 Å². The third kappa shape index (κ3) is 3.37. The molecular weight excluding hydrogens is 320 g/mol. The monoisotopic (exact) mass is 340 g/mol. The first-order chi connectivity index (χ1) is 11.8. The average Bonchev–Trinajstić information content (AvgIpc) is 3.31. The van der Waals surface area contributed by atoms with Crippen molar-refractivity contribution in [3.05, 3.63) is 47.1 Å². The molecule has 0 N–H and O–H groups in total. The fourth-order valence-electron chi connectivity index (χ4n) is 3.31. The molecule has 3 aromatic heterocycles. The van der Waals surface area contributed by atoms with Crippen molar-refractivity contribution in [3.8, 4) is 11.5 Å². The van der Waals surface area contributed by atoms with Gasteiger partial charge in [0.05, 0.1) is 11.2 Å². The Morgan fingerprint density at radius 3 is 2.96 bits per heavy atom. The summed E-state index contributed by atoms with van der Waals surface area (Å²) in [6, 6.07) is 2.07. The van der Waals surface area contributed by atoms with Gasteiger partial charge in [0.1, 0.15) is 12.0 Å². The van der Waals surface area contributed by atoms with Crippen LogP contribution in [0.15, 0.2) is 35.7 Å². The summed E-state index contributed by atoms with van der Waals surface area (Å²) in [7, 11) is 1.98. The summed E-state index contributed by atoms with van der Waals surface area (Å²) in [5.41, 5.74) is 5.08. The molecule has 0 bridgehead atoms. The number of likely N-dealkylation sites (tertiary alicyclic amines) is 1. The van der Waals surface area contributed by atoms with Gasteiger partial charge in [-0.25, -0.2) is 19.9 Å². The van der Waals surface area contributed by atoms with Crippen LogP contribution in [-0.4, -0.2) is 42.5 Å². The number of thiazole rings is 1. The maximum Gasteiger partial charge on any atom is 0.158 e. The van der Waals surface area contributed by atoms with Crippen LogP contribution in [0.2, 0.25) is 0 Å². The number of hydrogen-bond acceptors (Lipinski definition) is 6. The number of imidazole rings is 1. The Bertz CT molecular complexity index is 797. The Hall–Kier alpha value is -2.12. The summed E-state index contributed by atoms with van der Waals surface area (Å²) in [5.74, 6) is 1.53. The first-order valence-corrected chi connectivity index (χ1v) is 9.10. The summed E-state index contributed by atoms with van der Waals surface area (Å²) < 4.78 is 1.98. The second kappa shape index (κ2) is 6.78. The van der Waals surface area contributed by atoms with Crippen molar-refractivity contribution in [3.63, 3.8) is 0 Å². The third-order valence-corrected chi connectivity index (χ3v) is 5.15. The molecule has 1 aliphatic rings. The van der Waals surface area contributed by atoms with Crippen molar-refractivity contribution < 1.29 is 0 Å². The average molecular weight is 340 g/mol. The zero-order chi connectivity index (χ0) is 16.4. The van der Waals surface area contributed by atoms with Crippen LogP contribution in [0.3, 0.4) is 0 Å². The first-order valence-electron chi connectivity index (χ1n) is 8.16. The van der Waals surface area contributed by atoms with Crippen LogP contribution in [-0.2, 0) is 20.0 Å². The summed E-state index contributed by atoms with van der Waals surface area (Å²) in [5, 5.41) is 2.14. The largest absolute Gasteiger partial charge is 0.333 e. The van der Waals surface area contributed by atoms with E-state index >= 15 is 0 Å². The fraction of sp³-hybridized carbons (Fsp3) is 0.412. The van der Waals surface area contributed by atoms with E-state index < -0.39 is 0 Å². The molecule has 1 atom stereocenters. The van der Waals surface area contributed by atoms with Gasteiger partial charge in [-0.1, -0.05) is 0 Å². The molecular formula is C17H20N6S. The summed E-state index contributed by atoms with van der Waals surface area (Å²) in [4.78, 5) is 20.1. The quantitative estimate of drug-likeness (QED) is 0.714. The van der Waals surface area contributed by atoms with Crippen molar-refractivity contribution >= 4 is 11.3 Å². The van der Waals surface area contributed by atoms with Crippen LogP contribution in [0, 0.1) is 5.92 Å². The normalized spacial score (nSPS) is 18.3. The zero-order valence-corrected chi connectivity index (χ0v) is 14.5. The highest BCUT2D eigenvalue weighted by atomic mass is 32.1. The molecule has 0 radical (unpaired) electrons. The minimum atomic E-state index is 0.646. The lowest BCUT2D eigenvalue weighted by Crippen LogP contribution is -2.21. The highest BCUT2D eigenvalue weighted by molar-refractivity contribution is 7.07. The molecule has 0 aromatic carbocycles. The van der Waals surface area contributed by atoms with Gasteiger partial charge in [-0.05, 0) is 31.4 Å². The molecule has 0 saturated carbocycles. The Labute approximate surface area is 145 Å². The Kier molecular flexibility index (Phi) is 4.36. The molecule has 7 heteroatoms. The van der Waals surface area contributed by atoms with Gasteiger partial charge in [-0.15, -0.1) is 11.3 Å². The van der Waals surface area contributed by atoms with Gasteiger partial charge in [-0.3, -0.25) is 4.90 Å². The second-order valence-electron chi connectivity index (χ2n) is 6.33. The van der Waals surface area contributed by atoms with Gasteiger partial charge >= 0.3 is 0 Å². The van der Waals surface area contributed by atoms with E-state index in [0.29, 0.717) is 5.92 Å². The van der Waals surface area contributed by atoms with E-state index in [-0.39, 0.29) is 0 Å². The van der Waals surface area contributed by atoms with E-state index in [0.717, 1.165) is 43.3 Å². The number of hydrogen-bond donors (Lipinski definition) is 0. The maximum absolute atomic E-state index is 4.47. The predicted octanol–water partition coefficient (Wildman–Crippen LogP) is 2.40.